The lowest BCUT2D eigenvalue weighted by Crippen LogP contribution is -2.41. The van der Waals surface area contributed by atoms with Gasteiger partial charge >= 0.3 is 26.3 Å². The third kappa shape index (κ3) is 5.78. The Labute approximate surface area is 172 Å². The Morgan fingerprint density at radius 1 is 1.00 bits per heavy atom. The fourth-order valence-electron chi connectivity index (χ4n) is 2.96. The summed E-state index contributed by atoms with van der Waals surface area (Å²) in [4.78, 5) is 12.2. The molecule has 1 aromatic carbocycles. The molecule has 1 fully saturated rings. The quantitative estimate of drug-likeness (QED) is 0.322. The SMILES string of the molecule is CCOC(=O)CC(B1OC(C)(C)C(C)(C)O1)c1ccc(OC(F)F)c(OC(F)F)c1. The van der Waals surface area contributed by atoms with E-state index >= 15 is 0 Å². The average Bonchev–Trinajstić information content (AvgIpc) is 2.81. The lowest BCUT2D eigenvalue weighted by Gasteiger charge is -2.32. The zero-order valence-electron chi connectivity index (χ0n) is 17.4. The second-order valence-electron chi connectivity index (χ2n) is 7.70. The summed E-state index contributed by atoms with van der Waals surface area (Å²) in [6, 6.07) is 3.55. The van der Waals surface area contributed by atoms with Crippen LogP contribution in [0.2, 0.25) is 0 Å². The van der Waals surface area contributed by atoms with Crippen LogP contribution in [0, 0.1) is 0 Å². The average molecular weight is 436 g/mol. The van der Waals surface area contributed by atoms with E-state index in [2.05, 4.69) is 9.47 Å². The van der Waals surface area contributed by atoms with E-state index in [0.29, 0.717) is 5.56 Å². The number of benzene rings is 1. The Balaban J connectivity index is 2.43. The highest BCUT2D eigenvalue weighted by Crippen LogP contribution is 2.43. The summed E-state index contributed by atoms with van der Waals surface area (Å²) in [7, 11) is -0.916. The summed E-state index contributed by atoms with van der Waals surface area (Å²) in [5, 5.41) is 0. The van der Waals surface area contributed by atoms with Crippen LogP contribution in [0.4, 0.5) is 17.6 Å². The van der Waals surface area contributed by atoms with Crippen LogP contribution < -0.4 is 9.47 Å². The first-order chi connectivity index (χ1) is 13.9. The molecule has 0 N–H and O–H groups in total. The van der Waals surface area contributed by atoms with Gasteiger partial charge in [0.2, 0.25) is 0 Å². The fraction of sp³-hybridized carbons (Fsp3) is 0.632. The van der Waals surface area contributed by atoms with Crippen molar-refractivity contribution in [2.45, 2.75) is 71.3 Å². The molecule has 6 nitrogen and oxygen atoms in total. The molecule has 1 saturated heterocycles. The van der Waals surface area contributed by atoms with Crippen molar-refractivity contribution < 1.29 is 45.9 Å². The van der Waals surface area contributed by atoms with Gasteiger partial charge in [-0.05, 0) is 52.3 Å². The highest BCUT2D eigenvalue weighted by molar-refractivity contribution is 6.48. The van der Waals surface area contributed by atoms with Crippen molar-refractivity contribution in [2.24, 2.45) is 0 Å². The molecule has 0 bridgehead atoms. The minimum Gasteiger partial charge on any atom is -0.466 e. The summed E-state index contributed by atoms with van der Waals surface area (Å²) < 4.78 is 76.4. The molecular formula is C19H25BF4O6. The van der Waals surface area contributed by atoms with Crippen molar-refractivity contribution in [3.05, 3.63) is 23.8 Å². The second kappa shape index (κ2) is 9.42. The van der Waals surface area contributed by atoms with E-state index in [0.717, 1.165) is 12.1 Å². The fourth-order valence-corrected chi connectivity index (χ4v) is 2.96. The van der Waals surface area contributed by atoms with Crippen molar-refractivity contribution >= 4 is 13.1 Å². The van der Waals surface area contributed by atoms with Crippen LogP contribution >= 0.6 is 0 Å². The largest absolute Gasteiger partial charge is 0.466 e. The standard InChI is InChI=1S/C19H25BF4O6/c1-6-26-15(25)10-12(20-29-18(2,3)19(4,5)30-20)11-7-8-13(27-16(21)22)14(9-11)28-17(23)24/h7-9,12,16-17H,6,10H2,1-5H3. The van der Waals surface area contributed by atoms with Crippen LogP contribution in [-0.2, 0) is 18.8 Å². The molecular weight excluding hydrogens is 411 g/mol. The third-order valence-corrected chi connectivity index (χ3v) is 5.12. The van der Waals surface area contributed by atoms with Gasteiger partial charge in [0.25, 0.3) is 0 Å². The number of ether oxygens (including phenoxy) is 3. The number of hydrogen-bond acceptors (Lipinski definition) is 6. The van der Waals surface area contributed by atoms with Crippen LogP contribution in [0.15, 0.2) is 18.2 Å². The maximum Gasteiger partial charge on any atom is 0.466 e. The number of halogens is 4. The third-order valence-electron chi connectivity index (χ3n) is 5.12. The molecule has 1 atom stereocenters. The van der Waals surface area contributed by atoms with E-state index in [1.165, 1.54) is 6.07 Å². The van der Waals surface area contributed by atoms with E-state index in [1.54, 1.807) is 6.92 Å². The minimum absolute atomic E-state index is 0.149. The first-order valence-corrected chi connectivity index (χ1v) is 9.41. The van der Waals surface area contributed by atoms with E-state index in [4.69, 9.17) is 14.0 Å². The maximum absolute atomic E-state index is 12.8. The first-order valence-electron chi connectivity index (χ1n) is 9.41. The molecule has 0 amide bonds. The molecule has 0 radical (unpaired) electrons. The Morgan fingerprint density at radius 2 is 1.53 bits per heavy atom. The van der Waals surface area contributed by atoms with Crippen molar-refractivity contribution in [2.75, 3.05) is 6.61 Å². The van der Waals surface area contributed by atoms with Crippen molar-refractivity contribution in [1.29, 1.82) is 0 Å². The number of rotatable bonds is 9. The normalized spacial score (nSPS) is 18.6. The molecule has 0 aromatic heterocycles. The van der Waals surface area contributed by atoms with Crippen LogP contribution in [0.1, 0.15) is 52.4 Å². The van der Waals surface area contributed by atoms with Gasteiger partial charge in [-0.3, -0.25) is 4.79 Å². The van der Waals surface area contributed by atoms with Crippen LogP contribution in [0.3, 0.4) is 0 Å². The minimum atomic E-state index is -3.26. The smallest absolute Gasteiger partial charge is 0.466 e. The van der Waals surface area contributed by atoms with Crippen molar-refractivity contribution in [1.82, 2.24) is 0 Å². The molecule has 168 valence electrons. The number of esters is 1. The summed E-state index contributed by atoms with van der Waals surface area (Å²) in [6.45, 7) is 2.58. The Kier molecular flexibility index (Phi) is 7.62. The molecule has 0 aliphatic carbocycles. The van der Waals surface area contributed by atoms with Crippen molar-refractivity contribution in [3.63, 3.8) is 0 Å². The zero-order chi connectivity index (χ0) is 22.7. The van der Waals surface area contributed by atoms with Gasteiger partial charge in [0, 0.05) is 5.82 Å². The molecule has 1 aromatic rings. The molecule has 11 heteroatoms. The van der Waals surface area contributed by atoms with E-state index in [1.807, 2.05) is 27.7 Å². The van der Waals surface area contributed by atoms with Gasteiger partial charge < -0.3 is 23.5 Å². The molecule has 0 saturated carbocycles. The van der Waals surface area contributed by atoms with Crippen molar-refractivity contribution in [3.8, 4) is 11.5 Å². The molecule has 1 aliphatic rings. The number of carbonyl (C=O) groups excluding carboxylic acids is 1. The summed E-state index contributed by atoms with van der Waals surface area (Å²) in [5.41, 5.74) is -1.13. The topological polar surface area (TPSA) is 63.2 Å². The van der Waals surface area contributed by atoms with Gasteiger partial charge in [0.1, 0.15) is 0 Å². The summed E-state index contributed by atoms with van der Waals surface area (Å²) >= 11 is 0. The second-order valence-corrected chi connectivity index (χ2v) is 7.70. The predicted molar refractivity (Wildman–Crippen MR) is 99.8 cm³/mol. The van der Waals surface area contributed by atoms with Gasteiger partial charge in [-0.2, -0.15) is 17.6 Å². The van der Waals surface area contributed by atoms with E-state index < -0.39 is 54.8 Å². The molecule has 0 spiro atoms. The Hall–Kier alpha value is -2.01. The highest BCUT2D eigenvalue weighted by atomic mass is 19.3. The van der Waals surface area contributed by atoms with Crippen LogP contribution in [0.5, 0.6) is 11.5 Å². The van der Waals surface area contributed by atoms with Gasteiger partial charge in [0.15, 0.2) is 11.5 Å². The van der Waals surface area contributed by atoms with Gasteiger partial charge in [-0.15, -0.1) is 0 Å². The first kappa shape index (κ1) is 24.3. The summed E-state index contributed by atoms with van der Waals surface area (Å²) in [6.07, 6.45) is -0.187. The molecule has 1 heterocycles. The highest BCUT2D eigenvalue weighted by Gasteiger charge is 2.54. The lowest BCUT2D eigenvalue weighted by atomic mass is 9.66. The van der Waals surface area contributed by atoms with E-state index in [9.17, 15) is 22.4 Å². The molecule has 2 rings (SSSR count). The van der Waals surface area contributed by atoms with Gasteiger partial charge in [-0.1, -0.05) is 6.07 Å². The predicted octanol–water partition coefficient (Wildman–Crippen LogP) is 4.56. The Morgan fingerprint density at radius 3 is 2.03 bits per heavy atom. The van der Waals surface area contributed by atoms with Crippen LogP contribution in [0.25, 0.3) is 0 Å². The van der Waals surface area contributed by atoms with Crippen LogP contribution in [-0.4, -0.2) is 44.1 Å². The monoisotopic (exact) mass is 436 g/mol. The zero-order valence-corrected chi connectivity index (χ0v) is 17.4. The maximum atomic E-state index is 12.8. The number of carbonyl (C=O) groups is 1. The van der Waals surface area contributed by atoms with Gasteiger partial charge in [0.05, 0.1) is 24.2 Å². The molecule has 1 unspecified atom stereocenters. The number of hydrogen-bond donors (Lipinski definition) is 0. The summed E-state index contributed by atoms with van der Waals surface area (Å²) in [5.74, 6) is -2.47. The molecule has 30 heavy (non-hydrogen) atoms. The van der Waals surface area contributed by atoms with Gasteiger partial charge in [-0.25, -0.2) is 0 Å². The van der Waals surface area contributed by atoms with E-state index in [-0.39, 0.29) is 13.0 Å². The Bertz CT molecular complexity index is 728. The number of alkyl halides is 4. The molecule has 1 aliphatic heterocycles. The lowest BCUT2D eigenvalue weighted by molar-refractivity contribution is -0.143.